The van der Waals surface area contributed by atoms with Gasteiger partial charge in [0.05, 0.1) is 9.79 Å². The largest absolute Gasteiger partial charge is 0.454 e. The summed E-state index contributed by atoms with van der Waals surface area (Å²) in [4.78, 5) is 2.41. The Hall–Kier alpha value is -1.41. The Morgan fingerprint density at radius 3 is 1.81 bits per heavy atom. The SMILES string of the molecule is Cc1cccc2c1Oc1c(C)cccc1S2. The fourth-order valence-corrected chi connectivity index (χ4v) is 3.01. The lowest BCUT2D eigenvalue weighted by atomic mass is 10.2. The molecule has 0 aliphatic carbocycles. The average molecular weight is 228 g/mol. The monoisotopic (exact) mass is 228 g/mol. The van der Waals surface area contributed by atoms with Gasteiger partial charge in [0.2, 0.25) is 0 Å². The Morgan fingerprint density at radius 2 is 1.31 bits per heavy atom. The van der Waals surface area contributed by atoms with E-state index >= 15 is 0 Å². The van der Waals surface area contributed by atoms with Crippen LogP contribution in [0.2, 0.25) is 0 Å². The molecule has 1 aliphatic rings. The summed E-state index contributed by atoms with van der Waals surface area (Å²) in [5.41, 5.74) is 2.39. The van der Waals surface area contributed by atoms with E-state index in [-0.39, 0.29) is 0 Å². The molecular weight excluding hydrogens is 216 g/mol. The van der Waals surface area contributed by atoms with Gasteiger partial charge >= 0.3 is 0 Å². The molecule has 2 heteroatoms. The average Bonchev–Trinajstić information content (AvgIpc) is 2.28. The maximum atomic E-state index is 6.02. The maximum Gasteiger partial charge on any atom is 0.144 e. The third-order valence-electron chi connectivity index (χ3n) is 2.78. The van der Waals surface area contributed by atoms with Crippen molar-refractivity contribution in [1.82, 2.24) is 0 Å². The van der Waals surface area contributed by atoms with Crippen LogP contribution in [0.4, 0.5) is 0 Å². The van der Waals surface area contributed by atoms with E-state index in [2.05, 4.69) is 50.2 Å². The number of fused-ring (bicyclic) bond motifs is 2. The minimum Gasteiger partial charge on any atom is -0.454 e. The summed E-state index contributed by atoms with van der Waals surface area (Å²) in [5.74, 6) is 2.02. The van der Waals surface area contributed by atoms with Crippen LogP contribution in [0.3, 0.4) is 0 Å². The van der Waals surface area contributed by atoms with Crippen LogP contribution in [0, 0.1) is 13.8 Å². The number of benzene rings is 2. The van der Waals surface area contributed by atoms with Gasteiger partial charge in [-0.3, -0.25) is 0 Å². The lowest BCUT2D eigenvalue weighted by Gasteiger charge is -2.22. The predicted octanol–water partition coefficient (Wildman–Crippen LogP) is 4.56. The number of ether oxygens (including phenoxy) is 1. The van der Waals surface area contributed by atoms with Gasteiger partial charge in [0.15, 0.2) is 0 Å². The van der Waals surface area contributed by atoms with E-state index in [4.69, 9.17) is 4.74 Å². The second-order valence-electron chi connectivity index (χ2n) is 4.01. The van der Waals surface area contributed by atoms with Crippen molar-refractivity contribution in [2.24, 2.45) is 0 Å². The number of aryl methyl sites for hydroxylation is 2. The molecule has 1 heterocycles. The highest BCUT2D eigenvalue weighted by molar-refractivity contribution is 7.99. The molecule has 0 bridgehead atoms. The van der Waals surface area contributed by atoms with Crippen LogP contribution in [0.25, 0.3) is 0 Å². The van der Waals surface area contributed by atoms with Crippen LogP contribution in [-0.2, 0) is 0 Å². The van der Waals surface area contributed by atoms with E-state index in [0.717, 1.165) is 11.5 Å². The minimum absolute atomic E-state index is 1.01. The molecule has 0 fully saturated rings. The van der Waals surface area contributed by atoms with Crippen LogP contribution in [-0.4, -0.2) is 0 Å². The molecule has 0 saturated heterocycles. The van der Waals surface area contributed by atoms with E-state index in [1.807, 2.05) is 0 Å². The summed E-state index contributed by atoms with van der Waals surface area (Å²) in [6, 6.07) is 12.5. The fraction of sp³-hybridized carbons (Fsp3) is 0.143. The highest BCUT2D eigenvalue weighted by Gasteiger charge is 2.20. The number of para-hydroxylation sites is 2. The van der Waals surface area contributed by atoms with Gasteiger partial charge in [-0.25, -0.2) is 0 Å². The molecule has 0 spiro atoms. The Bertz CT molecular complexity index is 511. The molecule has 2 aromatic carbocycles. The zero-order chi connectivity index (χ0) is 11.1. The van der Waals surface area contributed by atoms with Crippen molar-refractivity contribution in [1.29, 1.82) is 0 Å². The Labute approximate surface area is 99.4 Å². The lowest BCUT2D eigenvalue weighted by Crippen LogP contribution is -1.98. The van der Waals surface area contributed by atoms with Crippen LogP contribution in [0.5, 0.6) is 11.5 Å². The lowest BCUT2D eigenvalue weighted by molar-refractivity contribution is 0.447. The highest BCUT2D eigenvalue weighted by atomic mass is 32.2. The molecule has 0 amide bonds. The van der Waals surface area contributed by atoms with Crippen LogP contribution in [0.1, 0.15) is 11.1 Å². The first-order valence-corrected chi connectivity index (χ1v) is 6.12. The van der Waals surface area contributed by atoms with Gasteiger partial charge in [0.25, 0.3) is 0 Å². The quantitative estimate of drug-likeness (QED) is 0.558. The summed E-state index contributed by atoms with van der Waals surface area (Å²) in [5, 5.41) is 0. The molecule has 3 rings (SSSR count). The maximum absolute atomic E-state index is 6.02. The Balaban J connectivity index is 2.17. The van der Waals surface area contributed by atoms with Crippen molar-refractivity contribution < 1.29 is 4.74 Å². The van der Waals surface area contributed by atoms with Crippen LogP contribution >= 0.6 is 11.8 Å². The Morgan fingerprint density at radius 1 is 0.812 bits per heavy atom. The van der Waals surface area contributed by atoms with E-state index in [1.165, 1.54) is 20.9 Å². The minimum atomic E-state index is 1.01. The van der Waals surface area contributed by atoms with E-state index in [0.29, 0.717) is 0 Å². The second-order valence-corrected chi connectivity index (χ2v) is 5.09. The van der Waals surface area contributed by atoms with Crippen LogP contribution in [0.15, 0.2) is 46.2 Å². The number of hydrogen-bond donors (Lipinski definition) is 0. The van der Waals surface area contributed by atoms with Gasteiger partial charge in [0, 0.05) is 0 Å². The molecule has 0 saturated carbocycles. The molecule has 0 aromatic heterocycles. The molecule has 80 valence electrons. The zero-order valence-corrected chi connectivity index (χ0v) is 10.1. The second kappa shape index (κ2) is 3.56. The standard InChI is InChI=1S/C14H12OS/c1-9-5-3-7-11-13(9)15-14-10(2)6-4-8-12(14)16-11/h3-8H,1-2H3. The molecule has 1 nitrogen and oxygen atoms in total. The topological polar surface area (TPSA) is 9.23 Å². The molecule has 1 aliphatic heterocycles. The first kappa shape index (κ1) is 9.79. The van der Waals surface area contributed by atoms with Crippen molar-refractivity contribution in [2.45, 2.75) is 23.6 Å². The molecular formula is C14H12OS. The van der Waals surface area contributed by atoms with Gasteiger partial charge < -0.3 is 4.74 Å². The van der Waals surface area contributed by atoms with Crippen molar-refractivity contribution in [3.63, 3.8) is 0 Å². The van der Waals surface area contributed by atoms with Gasteiger partial charge in [-0.2, -0.15) is 0 Å². The third kappa shape index (κ3) is 1.41. The predicted molar refractivity (Wildman–Crippen MR) is 66.6 cm³/mol. The molecule has 0 N–H and O–H groups in total. The Kier molecular flexibility index (Phi) is 2.18. The summed E-state index contributed by atoms with van der Waals surface area (Å²) in [6.45, 7) is 4.17. The number of rotatable bonds is 0. The van der Waals surface area contributed by atoms with Gasteiger partial charge in [0.1, 0.15) is 11.5 Å². The fourth-order valence-electron chi connectivity index (χ4n) is 1.89. The van der Waals surface area contributed by atoms with Gasteiger partial charge in [-0.05, 0) is 37.1 Å². The first-order chi connectivity index (χ1) is 7.75. The summed E-state index contributed by atoms with van der Waals surface area (Å²) in [7, 11) is 0. The van der Waals surface area contributed by atoms with Gasteiger partial charge in [-0.1, -0.05) is 36.0 Å². The van der Waals surface area contributed by atoms with Crippen LogP contribution < -0.4 is 4.74 Å². The van der Waals surface area contributed by atoms with E-state index in [1.54, 1.807) is 11.8 Å². The van der Waals surface area contributed by atoms with E-state index in [9.17, 15) is 0 Å². The van der Waals surface area contributed by atoms with Crippen molar-refractivity contribution in [3.05, 3.63) is 47.5 Å². The highest BCUT2D eigenvalue weighted by Crippen LogP contribution is 2.49. The van der Waals surface area contributed by atoms with Crippen molar-refractivity contribution >= 4 is 11.8 Å². The molecule has 0 atom stereocenters. The number of hydrogen-bond acceptors (Lipinski definition) is 2. The molecule has 0 unspecified atom stereocenters. The van der Waals surface area contributed by atoms with Gasteiger partial charge in [-0.15, -0.1) is 0 Å². The third-order valence-corrected chi connectivity index (χ3v) is 3.86. The van der Waals surface area contributed by atoms with Crippen molar-refractivity contribution in [3.8, 4) is 11.5 Å². The summed E-state index contributed by atoms with van der Waals surface area (Å²) < 4.78 is 6.02. The first-order valence-electron chi connectivity index (χ1n) is 5.30. The zero-order valence-electron chi connectivity index (χ0n) is 9.28. The molecule has 2 aromatic rings. The summed E-state index contributed by atoms with van der Waals surface area (Å²) >= 11 is 1.79. The van der Waals surface area contributed by atoms with Crippen molar-refractivity contribution in [2.75, 3.05) is 0 Å². The normalized spacial score (nSPS) is 12.6. The molecule has 0 radical (unpaired) electrons. The smallest absolute Gasteiger partial charge is 0.144 e. The van der Waals surface area contributed by atoms with E-state index < -0.39 is 0 Å². The molecule has 16 heavy (non-hydrogen) atoms. The summed E-state index contributed by atoms with van der Waals surface area (Å²) in [6.07, 6.45) is 0.